The number of rotatable bonds is 8. The fourth-order valence-electron chi connectivity index (χ4n) is 5.34. The number of piperidine rings is 1. The average Bonchev–Trinajstić information content (AvgIpc) is 3.11. The number of nitrogens with zero attached hydrogens (tertiary/aromatic N) is 2. The summed E-state index contributed by atoms with van der Waals surface area (Å²) in [7, 11) is 0. The number of carbonyl (C=O) groups excluding carboxylic acids is 4. The Morgan fingerprint density at radius 3 is 2.50 bits per heavy atom. The molecule has 3 rings (SSSR count). The molecule has 9 heteroatoms. The number of nitrogens with one attached hydrogen (secondary N) is 3. The van der Waals surface area contributed by atoms with Crippen LogP contribution in [0.15, 0.2) is 0 Å². The number of amides is 4. The zero-order chi connectivity index (χ0) is 23.8. The van der Waals surface area contributed by atoms with E-state index in [0.717, 1.165) is 0 Å². The minimum Gasteiger partial charge on any atom is -0.356 e. The van der Waals surface area contributed by atoms with Crippen LogP contribution in [-0.2, 0) is 19.2 Å². The summed E-state index contributed by atoms with van der Waals surface area (Å²) in [5.74, 6) is -1.11. The van der Waals surface area contributed by atoms with Crippen molar-refractivity contribution in [3.05, 3.63) is 0 Å². The van der Waals surface area contributed by atoms with Crippen LogP contribution in [0.2, 0.25) is 0 Å². The van der Waals surface area contributed by atoms with E-state index < -0.39 is 18.1 Å². The second-order valence-electron chi connectivity index (χ2n) is 10.2. The Balaban J connectivity index is 1.75. The Labute approximate surface area is 189 Å². The van der Waals surface area contributed by atoms with E-state index in [-0.39, 0.29) is 65.6 Å². The van der Waals surface area contributed by atoms with Gasteiger partial charge in [-0.15, -0.1) is 0 Å². The van der Waals surface area contributed by atoms with E-state index in [1.807, 2.05) is 13.8 Å². The number of nitriles is 1. The summed E-state index contributed by atoms with van der Waals surface area (Å²) in [6.45, 7) is 10.7. The fraction of sp³-hybridized carbons (Fsp3) is 0.783. The molecule has 0 bridgehead atoms. The van der Waals surface area contributed by atoms with Crippen LogP contribution in [0.3, 0.4) is 0 Å². The van der Waals surface area contributed by atoms with Gasteiger partial charge in [-0.25, -0.2) is 0 Å². The van der Waals surface area contributed by atoms with Crippen LogP contribution in [0.4, 0.5) is 0 Å². The van der Waals surface area contributed by atoms with Gasteiger partial charge < -0.3 is 20.9 Å². The summed E-state index contributed by atoms with van der Waals surface area (Å²) in [6.07, 6.45) is 1.18. The van der Waals surface area contributed by atoms with Crippen LogP contribution in [0.25, 0.3) is 0 Å². The molecule has 0 radical (unpaired) electrons. The van der Waals surface area contributed by atoms with Crippen LogP contribution < -0.4 is 16.0 Å². The highest BCUT2D eigenvalue weighted by molar-refractivity contribution is 5.94. The molecular weight excluding hydrogens is 410 g/mol. The summed E-state index contributed by atoms with van der Waals surface area (Å²) < 4.78 is 0. The van der Waals surface area contributed by atoms with Crippen LogP contribution in [0.1, 0.15) is 53.9 Å². The molecule has 9 nitrogen and oxygen atoms in total. The predicted octanol–water partition coefficient (Wildman–Crippen LogP) is 0.555. The highest BCUT2D eigenvalue weighted by atomic mass is 16.2. The molecule has 6 atom stereocenters. The maximum absolute atomic E-state index is 13.4. The van der Waals surface area contributed by atoms with Crippen LogP contribution in [0.5, 0.6) is 0 Å². The summed E-state index contributed by atoms with van der Waals surface area (Å²) in [5.41, 5.74) is -0.0632. The molecule has 2 aliphatic heterocycles. The zero-order valence-corrected chi connectivity index (χ0v) is 19.6. The van der Waals surface area contributed by atoms with E-state index in [0.29, 0.717) is 19.5 Å². The summed E-state index contributed by atoms with van der Waals surface area (Å²) in [6, 6.07) is -0.0832. The van der Waals surface area contributed by atoms with E-state index in [9.17, 15) is 24.4 Å². The number of likely N-dealkylation sites (tertiary alicyclic amines) is 1. The van der Waals surface area contributed by atoms with Gasteiger partial charge in [0, 0.05) is 25.4 Å². The molecule has 3 N–H and O–H groups in total. The van der Waals surface area contributed by atoms with Gasteiger partial charge in [-0.2, -0.15) is 5.26 Å². The third kappa shape index (κ3) is 4.45. The molecule has 1 saturated carbocycles. The van der Waals surface area contributed by atoms with Gasteiger partial charge in [0.1, 0.15) is 18.1 Å². The fourth-order valence-corrected chi connectivity index (χ4v) is 5.34. The Morgan fingerprint density at radius 2 is 1.97 bits per heavy atom. The van der Waals surface area contributed by atoms with Gasteiger partial charge in [0.05, 0.1) is 6.07 Å². The molecule has 0 unspecified atom stereocenters. The lowest BCUT2D eigenvalue weighted by atomic mass is 9.96. The largest absolute Gasteiger partial charge is 0.356 e. The highest BCUT2D eigenvalue weighted by Crippen LogP contribution is 2.64. The Hall–Kier alpha value is -2.63. The van der Waals surface area contributed by atoms with Crippen molar-refractivity contribution in [2.75, 3.05) is 13.1 Å². The third-order valence-corrected chi connectivity index (χ3v) is 7.49. The summed E-state index contributed by atoms with van der Waals surface area (Å²) >= 11 is 0. The van der Waals surface area contributed by atoms with Crippen molar-refractivity contribution >= 4 is 23.6 Å². The zero-order valence-electron chi connectivity index (χ0n) is 19.6. The van der Waals surface area contributed by atoms with Crippen LogP contribution >= 0.6 is 0 Å². The molecule has 176 valence electrons. The van der Waals surface area contributed by atoms with Crippen molar-refractivity contribution in [2.24, 2.45) is 29.1 Å². The van der Waals surface area contributed by atoms with E-state index >= 15 is 0 Å². The molecule has 3 aliphatic rings. The molecule has 4 amide bonds. The third-order valence-electron chi connectivity index (χ3n) is 7.49. The number of carbonyl (C=O) groups is 4. The molecule has 32 heavy (non-hydrogen) atoms. The normalized spacial score (nSPS) is 29.5. The Morgan fingerprint density at radius 1 is 1.28 bits per heavy atom. The molecule has 3 fully saturated rings. The molecule has 1 aliphatic carbocycles. The lowest BCUT2D eigenvalue weighted by Gasteiger charge is -2.34. The molecule has 2 heterocycles. The monoisotopic (exact) mass is 445 g/mol. The smallest absolute Gasteiger partial charge is 0.246 e. The minimum absolute atomic E-state index is 0.00950. The SMILES string of the molecule is CCC(=O)N[C@H](C(=O)N1C[C@H]2[C@@H]([C@H]1C(=O)N[C@H](C#N)C[C@@H]1CCNC1=O)C2(C)C)C(C)C. The van der Waals surface area contributed by atoms with E-state index in [1.165, 1.54) is 0 Å². The van der Waals surface area contributed by atoms with Crippen molar-refractivity contribution in [2.45, 2.75) is 72.0 Å². The molecular formula is C23H35N5O4. The Bertz CT molecular complexity index is 833. The summed E-state index contributed by atoms with van der Waals surface area (Å²) in [5, 5.41) is 17.9. The molecule has 0 aromatic rings. The average molecular weight is 446 g/mol. The highest BCUT2D eigenvalue weighted by Gasteiger charge is 2.69. The second-order valence-corrected chi connectivity index (χ2v) is 10.2. The van der Waals surface area contributed by atoms with Crippen molar-refractivity contribution in [3.8, 4) is 6.07 Å². The Kier molecular flexibility index (Phi) is 6.82. The van der Waals surface area contributed by atoms with Gasteiger partial charge >= 0.3 is 0 Å². The maximum Gasteiger partial charge on any atom is 0.246 e. The quantitative estimate of drug-likeness (QED) is 0.502. The van der Waals surface area contributed by atoms with Gasteiger partial charge in [-0.05, 0) is 36.0 Å². The number of hydrogen-bond donors (Lipinski definition) is 3. The predicted molar refractivity (Wildman–Crippen MR) is 117 cm³/mol. The van der Waals surface area contributed by atoms with Gasteiger partial charge in [-0.3, -0.25) is 19.2 Å². The van der Waals surface area contributed by atoms with E-state index in [2.05, 4.69) is 35.9 Å². The van der Waals surface area contributed by atoms with Crippen LogP contribution in [0, 0.1) is 40.4 Å². The molecule has 0 aromatic carbocycles. The lowest BCUT2D eigenvalue weighted by molar-refractivity contribution is -0.144. The second kappa shape index (κ2) is 9.08. The first-order valence-electron chi connectivity index (χ1n) is 11.6. The molecule has 0 aromatic heterocycles. The first-order valence-corrected chi connectivity index (χ1v) is 11.6. The van der Waals surface area contributed by atoms with Gasteiger partial charge in [0.15, 0.2) is 0 Å². The first kappa shape index (κ1) is 24.0. The standard InChI is InChI=1S/C23H35N5O4/c1-6-16(29)27-18(12(2)3)22(32)28-11-15-17(23(15,4)5)19(28)21(31)26-14(10-24)9-13-7-8-25-20(13)30/h12-15,17-19H,6-9,11H2,1-5H3,(H,25,30)(H,26,31)(H,27,29)/t13-,14-,15-,17-,18-,19-/m0/s1. The van der Waals surface area contributed by atoms with Crippen molar-refractivity contribution < 1.29 is 19.2 Å². The van der Waals surface area contributed by atoms with Gasteiger partial charge in [0.2, 0.25) is 23.6 Å². The maximum atomic E-state index is 13.4. The molecule has 2 saturated heterocycles. The summed E-state index contributed by atoms with van der Waals surface area (Å²) in [4.78, 5) is 52.2. The minimum atomic E-state index is -0.796. The van der Waals surface area contributed by atoms with Crippen LogP contribution in [-0.4, -0.2) is 59.7 Å². The van der Waals surface area contributed by atoms with Crippen molar-refractivity contribution in [1.82, 2.24) is 20.9 Å². The lowest BCUT2D eigenvalue weighted by Crippen LogP contribution is -2.58. The van der Waals surface area contributed by atoms with E-state index in [4.69, 9.17) is 0 Å². The van der Waals surface area contributed by atoms with Gasteiger partial charge in [-0.1, -0.05) is 34.6 Å². The van der Waals surface area contributed by atoms with E-state index in [1.54, 1.807) is 11.8 Å². The number of fused-ring (bicyclic) bond motifs is 1. The van der Waals surface area contributed by atoms with Crippen molar-refractivity contribution in [3.63, 3.8) is 0 Å². The van der Waals surface area contributed by atoms with Gasteiger partial charge in [0.25, 0.3) is 0 Å². The number of hydrogen-bond acceptors (Lipinski definition) is 5. The molecule has 0 spiro atoms. The topological polar surface area (TPSA) is 131 Å². The van der Waals surface area contributed by atoms with Crippen molar-refractivity contribution in [1.29, 1.82) is 5.26 Å². The first-order chi connectivity index (χ1) is 15.0.